The van der Waals surface area contributed by atoms with Gasteiger partial charge in [0.2, 0.25) is 0 Å². The summed E-state index contributed by atoms with van der Waals surface area (Å²) in [6, 6.07) is 63.2. The van der Waals surface area contributed by atoms with Crippen LogP contribution in [0.4, 0.5) is 21.5 Å². The lowest BCUT2D eigenvalue weighted by atomic mass is 9.91. The Kier molecular flexibility index (Phi) is 7.26. The number of anilines is 3. The van der Waals surface area contributed by atoms with Gasteiger partial charge < -0.3 is 4.90 Å². The van der Waals surface area contributed by atoms with Gasteiger partial charge in [-0.2, -0.15) is 0 Å². The van der Waals surface area contributed by atoms with Crippen LogP contribution in [0.25, 0.3) is 64.3 Å². The number of hydrogen-bond acceptors (Lipinski definition) is 2. The average Bonchev–Trinajstić information content (AvgIpc) is 3.54. The molecule has 0 aliphatic rings. The van der Waals surface area contributed by atoms with Gasteiger partial charge in [-0.15, -0.1) is 11.3 Å². The molecule has 0 amide bonds. The van der Waals surface area contributed by atoms with Crippen LogP contribution in [-0.4, -0.2) is 0 Å². The summed E-state index contributed by atoms with van der Waals surface area (Å²) in [6.07, 6.45) is 0. The van der Waals surface area contributed by atoms with Crippen molar-refractivity contribution in [3.63, 3.8) is 0 Å². The Labute approximate surface area is 288 Å². The highest BCUT2D eigenvalue weighted by molar-refractivity contribution is 7.25. The second-order valence-corrected chi connectivity index (χ2v) is 13.4. The van der Waals surface area contributed by atoms with Gasteiger partial charge in [-0.3, -0.25) is 0 Å². The van der Waals surface area contributed by atoms with Crippen LogP contribution < -0.4 is 4.90 Å². The zero-order valence-electron chi connectivity index (χ0n) is 26.6. The number of benzene rings is 8. The minimum atomic E-state index is -0.231. The van der Waals surface area contributed by atoms with E-state index in [2.05, 4.69) is 163 Å². The lowest BCUT2D eigenvalue weighted by Gasteiger charge is -2.26. The number of rotatable bonds is 6. The van der Waals surface area contributed by atoms with E-state index in [9.17, 15) is 4.39 Å². The van der Waals surface area contributed by atoms with Crippen molar-refractivity contribution in [1.29, 1.82) is 0 Å². The van der Waals surface area contributed by atoms with Gasteiger partial charge in [0, 0.05) is 37.2 Å². The Morgan fingerprint density at radius 1 is 0.388 bits per heavy atom. The fourth-order valence-electron chi connectivity index (χ4n) is 6.98. The Bertz CT molecular complexity index is 2580. The molecule has 3 heteroatoms. The molecule has 8 aromatic carbocycles. The maximum Gasteiger partial charge on any atom is 0.123 e. The summed E-state index contributed by atoms with van der Waals surface area (Å²) in [6.45, 7) is 0. The van der Waals surface area contributed by atoms with E-state index in [1.165, 1.54) is 43.4 Å². The zero-order chi connectivity index (χ0) is 32.7. The first-order valence-electron chi connectivity index (χ1n) is 16.4. The summed E-state index contributed by atoms with van der Waals surface area (Å²) in [7, 11) is 0. The van der Waals surface area contributed by atoms with E-state index in [1.807, 2.05) is 23.5 Å². The first kappa shape index (κ1) is 29.1. The standard InChI is InChI=1S/C46H30FNS/c47-36-22-16-33(17-23-36)40-13-6-10-35-11-7-14-41(46(35)40)34-20-26-38(27-21-34)48(37-24-18-32(19-25-37)31-8-2-1-3-9-31)39-28-29-43-42-12-4-5-15-44(42)49-45(43)30-39/h1-30H. The van der Waals surface area contributed by atoms with Gasteiger partial charge in [-0.1, -0.05) is 127 Å². The monoisotopic (exact) mass is 647 g/mol. The van der Waals surface area contributed by atoms with Gasteiger partial charge in [-0.05, 0) is 98.8 Å². The van der Waals surface area contributed by atoms with Crippen molar-refractivity contribution in [1.82, 2.24) is 0 Å². The molecule has 49 heavy (non-hydrogen) atoms. The molecular formula is C46H30FNS. The molecular weight excluding hydrogens is 618 g/mol. The summed E-state index contributed by atoms with van der Waals surface area (Å²) in [5.41, 5.74) is 10.0. The van der Waals surface area contributed by atoms with E-state index in [4.69, 9.17) is 0 Å². The van der Waals surface area contributed by atoms with Crippen LogP contribution in [0.3, 0.4) is 0 Å². The molecule has 0 N–H and O–H groups in total. The molecule has 9 rings (SSSR count). The van der Waals surface area contributed by atoms with Crippen LogP contribution >= 0.6 is 11.3 Å². The van der Waals surface area contributed by atoms with Crippen LogP contribution in [0.2, 0.25) is 0 Å². The molecule has 0 spiro atoms. The van der Waals surface area contributed by atoms with E-state index < -0.39 is 0 Å². The zero-order valence-corrected chi connectivity index (χ0v) is 27.4. The summed E-state index contributed by atoms with van der Waals surface area (Å²) < 4.78 is 16.4. The first-order chi connectivity index (χ1) is 24.2. The van der Waals surface area contributed by atoms with E-state index in [-0.39, 0.29) is 5.82 Å². The minimum Gasteiger partial charge on any atom is -0.310 e. The second-order valence-electron chi connectivity index (χ2n) is 12.3. The fourth-order valence-corrected chi connectivity index (χ4v) is 8.12. The highest BCUT2D eigenvalue weighted by Gasteiger charge is 2.16. The van der Waals surface area contributed by atoms with Crippen molar-refractivity contribution >= 4 is 59.3 Å². The van der Waals surface area contributed by atoms with Crippen molar-refractivity contribution in [3.05, 3.63) is 188 Å². The number of thiophene rings is 1. The molecule has 0 aliphatic heterocycles. The van der Waals surface area contributed by atoms with Gasteiger partial charge in [0.05, 0.1) is 0 Å². The predicted molar refractivity (Wildman–Crippen MR) is 208 cm³/mol. The van der Waals surface area contributed by atoms with Crippen molar-refractivity contribution in [3.8, 4) is 33.4 Å². The molecule has 0 radical (unpaired) electrons. The van der Waals surface area contributed by atoms with E-state index >= 15 is 0 Å². The largest absolute Gasteiger partial charge is 0.310 e. The lowest BCUT2D eigenvalue weighted by molar-refractivity contribution is 0.628. The van der Waals surface area contributed by atoms with Crippen LogP contribution in [0, 0.1) is 5.82 Å². The van der Waals surface area contributed by atoms with Crippen molar-refractivity contribution in [2.75, 3.05) is 4.90 Å². The van der Waals surface area contributed by atoms with Crippen LogP contribution in [0.15, 0.2) is 182 Å². The van der Waals surface area contributed by atoms with Crippen molar-refractivity contribution < 1.29 is 4.39 Å². The normalized spacial score (nSPS) is 11.4. The Morgan fingerprint density at radius 3 is 1.59 bits per heavy atom. The summed E-state index contributed by atoms with van der Waals surface area (Å²) >= 11 is 1.84. The first-order valence-corrected chi connectivity index (χ1v) is 17.3. The summed E-state index contributed by atoms with van der Waals surface area (Å²) in [4.78, 5) is 2.34. The van der Waals surface area contributed by atoms with E-state index in [0.717, 1.165) is 50.1 Å². The molecule has 0 aliphatic carbocycles. The van der Waals surface area contributed by atoms with Crippen molar-refractivity contribution in [2.45, 2.75) is 0 Å². The van der Waals surface area contributed by atoms with Gasteiger partial charge in [0.25, 0.3) is 0 Å². The fraction of sp³-hybridized carbons (Fsp3) is 0. The third-order valence-corrected chi connectivity index (χ3v) is 10.5. The molecule has 1 heterocycles. The molecule has 232 valence electrons. The smallest absolute Gasteiger partial charge is 0.123 e. The van der Waals surface area contributed by atoms with Crippen LogP contribution in [0.1, 0.15) is 0 Å². The topological polar surface area (TPSA) is 3.24 Å². The number of fused-ring (bicyclic) bond motifs is 4. The molecule has 0 saturated heterocycles. The number of nitrogens with zero attached hydrogens (tertiary/aromatic N) is 1. The Morgan fingerprint density at radius 2 is 0.918 bits per heavy atom. The van der Waals surface area contributed by atoms with Gasteiger partial charge in [-0.25, -0.2) is 4.39 Å². The predicted octanol–water partition coefficient (Wildman–Crippen LogP) is 13.8. The molecule has 1 aromatic heterocycles. The van der Waals surface area contributed by atoms with Gasteiger partial charge >= 0.3 is 0 Å². The van der Waals surface area contributed by atoms with Gasteiger partial charge in [0.1, 0.15) is 5.82 Å². The summed E-state index contributed by atoms with van der Waals surface area (Å²) in [5, 5.41) is 4.90. The molecule has 0 fully saturated rings. The highest BCUT2D eigenvalue weighted by Crippen LogP contribution is 2.42. The molecule has 0 saturated carbocycles. The quantitative estimate of drug-likeness (QED) is 0.174. The second kappa shape index (κ2) is 12.2. The maximum absolute atomic E-state index is 13.8. The van der Waals surface area contributed by atoms with E-state index in [0.29, 0.717) is 0 Å². The third-order valence-electron chi connectivity index (χ3n) is 9.35. The molecule has 9 aromatic rings. The third kappa shape index (κ3) is 5.35. The SMILES string of the molecule is Fc1ccc(-c2cccc3cccc(-c4ccc(N(c5ccc(-c6ccccc6)cc5)c5ccc6c(c5)sc5ccccc56)cc4)c23)cc1. The number of hydrogen-bond donors (Lipinski definition) is 0. The van der Waals surface area contributed by atoms with Crippen LogP contribution in [-0.2, 0) is 0 Å². The van der Waals surface area contributed by atoms with Gasteiger partial charge in [0.15, 0.2) is 0 Å². The Balaban J connectivity index is 1.16. The molecule has 0 unspecified atom stereocenters. The minimum absolute atomic E-state index is 0.231. The van der Waals surface area contributed by atoms with Crippen LogP contribution in [0.5, 0.6) is 0 Å². The molecule has 1 nitrogen and oxygen atoms in total. The average molecular weight is 648 g/mol. The summed E-state index contributed by atoms with van der Waals surface area (Å²) in [5.74, 6) is -0.231. The lowest BCUT2D eigenvalue weighted by Crippen LogP contribution is -2.09. The van der Waals surface area contributed by atoms with E-state index in [1.54, 1.807) is 0 Å². The molecule has 0 bridgehead atoms. The maximum atomic E-state index is 13.8. The van der Waals surface area contributed by atoms with Crippen molar-refractivity contribution in [2.24, 2.45) is 0 Å². The Hall–Kier alpha value is -6.03. The highest BCUT2D eigenvalue weighted by atomic mass is 32.1. The molecule has 0 atom stereocenters. The number of halogens is 1.